The number of thiophene rings is 1. The highest BCUT2D eigenvalue weighted by Gasteiger charge is 2.36. The van der Waals surface area contributed by atoms with E-state index in [-0.39, 0.29) is 10.6 Å². The van der Waals surface area contributed by atoms with Gasteiger partial charge in [-0.2, -0.15) is 0 Å². The smallest absolute Gasteiger partial charge is 0.319 e. The molecule has 0 saturated heterocycles. The van der Waals surface area contributed by atoms with E-state index in [1.807, 2.05) is 5.32 Å². The first kappa shape index (κ1) is 16.9. The number of anilines is 1. The van der Waals surface area contributed by atoms with Gasteiger partial charge in [-0.1, -0.05) is 12.8 Å². The van der Waals surface area contributed by atoms with E-state index in [2.05, 4.69) is 5.32 Å². The summed E-state index contributed by atoms with van der Waals surface area (Å²) in [5.41, 5.74) is 5.01. The molecule has 2 atom stereocenters. The molecule has 1 fully saturated rings. The number of urea groups is 1. The van der Waals surface area contributed by atoms with Crippen LogP contribution in [0, 0.1) is 11.8 Å². The van der Waals surface area contributed by atoms with E-state index in [1.54, 1.807) is 5.38 Å². The lowest BCUT2D eigenvalue weighted by Crippen LogP contribution is -2.37. The Balaban J connectivity index is 2.11. The molecular weight excluding hydrogens is 322 g/mol. The van der Waals surface area contributed by atoms with Crippen molar-refractivity contribution in [2.45, 2.75) is 25.7 Å². The average molecular weight is 339 g/mol. The largest absolute Gasteiger partial charge is 0.481 e. The maximum atomic E-state index is 12.4. The molecular formula is C14H17N3O5S. The van der Waals surface area contributed by atoms with Gasteiger partial charge in [-0.15, -0.1) is 11.3 Å². The van der Waals surface area contributed by atoms with Crippen LogP contribution in [-0.2, 0) is 9.59 Å². The molecule has 0 radical (unpaired) electrons. The van der Waals surface area contributed by atoms with Crippen LogP contribution < -0.4 is 16.4 Å². The molecule has 0 spiro atoms. The summed E-state index contributed by atoms with van der Waals surface area (Å²) >= 11 is 1.11. The Labute approximate surface area is 136 Å². The van der Waals surface area contributed by atoms with Gasteiger partial charge in [0.1, 0.15) is 5.00 Å². The molecule has 0 aliphatic heterocycles. The summed E-state index contributed by atoms with van der Waals surface area (Å²) in [6.07, 6.45) is 2.54. The lowest BCUT2D eigenvalue weighted by molar-refractivity contribution is -0.147. The number of carboxylic acids is 1. The minimum Gasteiger partial charge on any atom is -0.481 e. The van der Waals surface area contributed by atoms with Crippen molar-refractivity contribution >= 4 is 40.2 Å². The molecule has 5 N–H and O–H groups in total. The van der Waals surface area contributed by atoms with Crippen LogP contribution >= 0.6 is 11.3 Å². The molecule has 1 aromatic heterocycles. The first-order valence-electron chi connectivity index (χ1n) is 7.12. The number of carbonyl (C=O) groups is 4. The number of imide groups is 1. The van der Waals surface area contributed by atoms with Gasteiger partial charge in [0.05, 0.1) is 17.4 Å². The molecule has 1 heterocycles. The van der Waals surface area contributed by atoms with Crippen molar-refractivity contribution in [1.82, 2.24) is 5.32 Å². The van der Waals surface area contributed by atoms with Crippen LogP contribution in [-0.4, -0.2) is 28.9 Å². The quantitative estimate of drug-likeness (QED) is 0.656. The number of amides is 4. The number of aliphatic carboxylic acids is 1. The molecule has 4 amide bonds. The van der Waals surface area contributed by atoms with Crippen molar-refractivity contribution in [3.05, 3.63) is 17.0 Å². The highest BCUT2D eigenvalue weighted by Crippen LogP contribution is 2.32. The van der Waals surface area contributed by atoms with Crippen LogP contribution in [0.2, 0.25) is 0 Å². The zero-order valence-electron chi connectivity index (χ0n) is 12.2. The van der Waals surface area contributed by atoms with Gasteiger partial charge in [-0.05, 0) is 24.3 Å². The van der Waals surface area contributed by atoms with Gasteiger partial charge in [-0.3, -0.25) is 19.7 Å². The van der Waals surface area contributed by atoms with Gasteiger partial charge in [0.2, 0.25) is 5.91 Å². The van der Waals surface area contributed by atoms with E-state index in [0.29, 0.717) is 12.8 Å². The summed E-state index contributed by atoms with van der Waals surface area (Å²) < 4.78 is 0. The zero-order chi connectivity index (χ0) is 17.0. The zero-order valence-corrected chi connectivity index (χ0v) is 13.0. The molecule has 1 aliphatic rings. The lowest BCUT2D eigenvalue weighted by Gasteiger charge is -2.27. The van der Waals surface area contributed by atoms with Gasteiger partial charge < -0.3 is 16.2 Å². The SMILES string of the molecule is NC(=O)NC(=O)c1ccsc1NC(=O)[C@@H]1CCCC[C@H]1C(=O)O. The number of carboxylic acid groups (broad SMARTS) is 1. The predicted molar refractivity (Wildman–Crippen MR) is 83.1 cm³/mol. The Hall–Kier alpha value is -2.42. The van der Waals surface area contributed by atoms with Gasteiger partial charge in [0.25, 0.3) is 5.91 Å². The summed E-state index contributed by atoms with van der Waals surface area (Å²) in [6, 6.07) is 0.463. The van der Waals surface area contributed by atoms with Crippen molar-refractivity contribution in [3.8, 4) is 0 Å². The number of rotatable bonds is 4. The number of hydrogen-bond donors (Lipinski definition) is 4. The summed E-state index contributed by atoms with van der Waals surface area (Å²) in [5, 5.41) is 15.6. The van der Waals surface area contributed by atoms with E-state index in [1.165, 1.54) is 6.07 Å². The normalized spacial score (nSPS) is 20.5. The number of primary amides is 1. The fourth-order valence-electron chi connectivity index (χ4n) is 2.71. The fourth-order valence-corrected chi connectivity index (χ4v) is 3.50. The number of nitrogens with two attached hydrogens (primary N) is 1. The Morgan fingerprint density at radius 1 is 1.17 bits per heavy atom. The van der Waals surface area contributed by atoms with Crippen LogP contribution in [0.15, 0.2) is 11.4 Å². The molecule has 23 heavy (non-hydrogen) atoms. The summed E-state index contributed by atoms with van der Waals surface area (Å²) in [4.78, 5) is 46.2. The Morgan fingerprint density at radius 2 is 1.83 bits per heavy atom. The van der Waals surface area contributed by atoms with E-state index in [4.69, 9.17) is 5.73 Å². The van der Waals surface area contributed by atoms with Crippen molar-refractivity contribution in [2.75, 3.05) is 5.32 Å². The third-order valence-corrected chi connectivity index (χ3v) is 4.63. The molecule has 1 saturated carbocycles. The first-order chi connectivity index (χ1) is 10.9. The third-order valence-electron chi connectivity index (χ3n) is 3.80. The first-order valence-corrected chi connectivity index (χ1v) is 8.00. The molecule has 1 aromatic rings. The summed E-state index contributed by atoms with van der Waals surface area (Å²) in [5.74, 6) is -3.47. The second-order valence-electron chi connectivity index (χ2n) is 5.31. The number of nitrogens with one attached hydrogen (secondary N) is 2. The summed E-state index contributed by atoms with van der Waals surface area (Å²) in [7, 11) is 0. The van der Waals surface area contributed by atoms with Gasteiger partial charge in [-0.25, -0.2) is 4.79 Å². The van der Waals surface area contributed by atoms with Crippen molar-refractivity contribution < 1.29 is 24.3 Å². The fraction of sp³-hybridized carbons (Fsp3) is 0.429. The average Bonchev–Trinajstić information content (AvgIpc) is 2.94. The molecule has 0 unspecified atom stereocenters. The molecule has 9 heteroatoms. The number of carbonyl (C=O) groups excluding carboxylic acids is 3. The van der Waals surface area contributed by atoms with Gasteiger partial charge >= 0.3 is 12.0 Å². The Kier molecular flexibility index (Phi) is 5.32. The van der Waals surface area contributed by atoms with E-state index < -0.39 is 35.7 Å². The van der Waals surface area contributed by atoms with E-state index in [9.17, 15) is 24.3 Å². The Morgan fingerprint density at radius 3 is 2.43 bits per heavy atom. The Bertz CT molecular complexity index is 642. The second kappa shape index (κ2) is 7.23. The van der Waals surface area contributed by atoms with Crippen LogP contribution in [0.25, 0.3) is 0 Å². The molecule has 0 aromatic carbocycles. The topological polar surface area (TPSA) is 139 Å². The van der Waals surface area contributed by atoms with Crippen LogP contribution in [0.4, 0.5) is 9.80 Å². The minimum atomic E-state index is -0.989. The monoisotopic (exact) mass is 339 g/mol. The minimum absolute atomic E-state index is 0.116. The standard InChI is InChI=1S/C14H17N3O5S/c15-14(22)17-11(19)9-5-6-23-12(9)16-10(18)7-3-1-2-4-8(7)13(20)21/h5-8H,1-4H2,(H,16,18)(H,20,21)(H3,15,17,19,22)/t7-,8-/m1/s1. The van der Waals surface area contributed by atoms with E-state index >= 15 is 0 Å². The van der Waals surface area contributed by atoms with Gasteiger partial charge in [0, 0.05) is 0 Å². The summed E-state index contributed by atoms with van der Waals surface area (Å²) in [6.45, 7) is 0. The van der Waals surface area contributed by atoms with Crippen molar-refractivity contribution in [1.29, 1.82) is 0 Å². The van der Waals surface area contributed by atoms with E-state index in [0.717, 1.165) is 24.2 Å². The van der Waals surface area contributed by atoms with Crippen LogP contribution in [0.1, 0.15) is 36.0 Å². The lowest BCUT2D eigenvalue weighted by atomic mass is 9.79. The maximum Gasteiger partial charge on any atom is 0.319 e. The molecule has 8 nitrogen and oxygen atoms in total. The second-order valence-corrected chi connectivity index (χ2v) is 6.22. The van der Waals surface area contributed by atoms with Gasteiger partial charge in [0.15, 0.2) is 0 Å². The molecule has 124 valence electrons. The van der Waals surface area contributed by atoms with Crippen LogP contribution in [0.3, 0.4) is 0 Å². The van der Waals surface area contributed by atoms with Crippen molar-refractivity contribution in [3.63, 3.8) is 0 Å². The third kappa shape index (κ3) is 4.07. The molecule has 2 rings (SSSR count). The number of hydrogen-bond acceptors (Lipinski definition) is 5. The highest BCUT2D eigenvalue weighted by molar-refractivity contribution is 7.14. The highest BCUT2D eigenvalue weighted by atomic mass is 32.1. The van der Waals surface area contributed by atoms with Crippen LogP contribution in [0.5, 0.6) is 0 Å². The molecule has 1 aliphatic carbocycles. The van der Waals surface area contributed by atoms with Crippen molar-refractivity contribution in [2.24, 2.45) is 17.6 Å². The predicted octanol–water partition coefficient (Wildman–Crippen LogP) is 1.39. The maximum absolute atomic E-state index is 12.4. The molecule has 0 bridgehead atoms.